The Labute approximate surface area is 471 Å². The normalized spacial score (nSPS) is 12.3. The third-order valence-corrected chi connectivity index (χ3v) is 17.4. The second-order valence-electron chi connectivity index (χ2n) is 21.9. The maximum Gasteiger partial charge on any atom is 0.310 e. The van der Waals surface area contributed by atoms with Crippen LogP contribution in [0.2, 0.25) is 0 Å². The second kappa shape index (κ2) is 27.1. The highest BCUT2D eigenvalue weighted by Gasteiger charge is 2.34. The number of rotatable bonds is 22. The number of carboxylic acids is 1. The molecule has 0 spiro atoms. The van der Waals surface area contributed by atoms with Crippen LogP contribution in [0.5, 0.6) is 0 Å². The van der Waals surface area contributed by atoms with Gasteiger partial charge in [0.2, 0.25) is 0 Å². The maximum atomic E-state index is 14.9. The number of esters is 1. The standard InChI is InChI=1S/C36H45FO3.C35H43FO3/c1-9-35(39,10-2)18-17-27-15-16-30(19-24(27)5)36(11-3,12-4)31-20-25(6)34(26(7)21-31)29-14-13-28(32(37)22-29)23-33(38)40-8;1-8-34(39,9-2)17-16-26-14-15-29(18-23(26)5)35(10-3,11-4)30-19-24(6)33(25(7)20-30)28-13-12-27(22-32(37)38)31(36)21-28/h13-22,39H,9-12,23H2,1-8H3;12-21,39H,8-11,22H2,1-7H3,(H,37,38)/b18-17+;17-16+. The lowest BCUT2D eigenvalue weighted by Crippen LogP contribution is -2.26. The molecule has 0 atom stereocenters. The summed E-state index contributed by atoms with van der Waals surface area (Å²) in [6.07, 6.45) is 14.0. The first-order chi connectivity index (χ1) is 37.4. The summed E-state index contributed by atoms with van der Waals surface area (Å²) in [4.78, 5) is 22.7. The van der Waals surface area contributed by atoms with E-state index in [0.29, 0.717) is 31.2 Å². The van der Waals surface area contributed by atoms with Gasteiger partial charge >= 0.3 is 11.9 Å². The van der Waals surface area contributed by atoms with Gasteiger partial charge in [0.05, 0.1) is 31.2 Å². The molecule has 0 heterocycles. The van der Waals surface area contributed by atoms with Gasteiger partial charge in [0, 0.05) is 10.8 Å². The van der Waals surface area contributed by atoms with E-state index >= 15 is 0 Å². The molecule has 6 nitrogen and oxygen atoms in total. The largest absolute Gasteiger partial charge is 0.481 e. The number of aliphatic hydroxyl groups is 2. The number of carbonyl (C=O) groups excluding carboxylic acids is 1. The molecule has 0 saturated carbocycles. The van der Waals surface area contributed by atoms with E-state index in [9.17, 15) is 28.6 Å². The van der Waals surface area contributed by atoms with Gasteiger partial charge in [-0.2, -0.15) is 0 Å². The van der Waals surface area contributed by atoms with Crippen LogP contribution < -0.4 is 0 Å². The molecule has 0 fully saturated rings. The van der Waals surface area contributed by atoms with Crippen molar-refractivity contribution >= 4 is 24.1 Å². The van der Waals surface area contributed by atoms with Gasteiger partial charge in [0.1, 0.15) is 11.6 Å². The lowest BCUT2D eigenvalue weighted by Gasteiger charge is -2.35. The zero-order valence-electron chi connectivity index (χ0n) is 49.9. The van der Waals surface area contributed by atoms with Gasteiger partial charge in [-0.3, -0.25) is 9.59 Å². The van der Waals surface area contributed by atoms with Gasteiger partial charge in [-0.15, -0.1) is 0 Å². The number of aliphatic carboxylic acids is 1. The van der Waals surface area contributed by atoms with Gasteiger partial charge in [-0.25, -0.2) is 8.78 Å². The number of hydrogen-bond donors (Lipinski definition) is 3. The smallest absolute Gasteiger partial charge is 0.310 e. The van der Waals surface area contributed by atoms with Crippen LogP contribution in [-0.4, -0.2) is 45.6 Å². The van der Waals surface area contributed by atoms with Crippen molar-refractivity contribution < 1.29 is 38.4 Å². The zero-order valence-corrected chi connectivity index (χ0v) is 49.9. The third kappa shape index (κ3) is 14.3. The number of benzene rings is 6. The Kier molecular flexibility index (Phi) is 21.7. The van der Waals surface area contributed by atoms with Crippen molar-refractivity contribution in [3.8, 4) is 22.3 Å². The van der Waals surface area contributed by atoms with E-state index in [0.717, 1.165) is 81.3 Å². The summed E-state index contributed by atoms with van der Waals surface area (Å²) in [5, 5.41) is 30.4. The molecule has 0 saturated heterocycles. The average Bonchev–Trinajstić information content (AvgIpc) is 3.57. The van der Waals surface area contributed by atoms with E-state index < -0.39 is 34.8 Å². The van der Waals surface area contributed by atoms with Crippen molar-refractivity contribution in [2.24, 2.45) is 0 Å². The predicted molar refractivity (Wildman–Crippen MR) is 324 cm³/mol. The Balaban J connectivity index is 0.000000291. The van der Waals surface area contributed by atoms with Crippen molar-refractivity contribution in [2.75, 3.05) is 7.11 Å². The number of ether oxygens (including phenoxy) is 1. The highest BCUT2D eigenvalue weighted by atomic mass is 19.1. The summed E-state index contributed by atoms with van der Waals surface area (Å²) < 4.78 is 34.3. The molecule has 6 aromatic rings. The Morgan fingerprint density at radius 2 is 0.785 bits per heavy atom. The van der Waals surface area contributed by atoms with E-state index in [1.807, 2.05) is 64.1 Å². The van der Waals surface area contributed by atoms with Crippen molar-refractivity contribution in [1.82, 2.24) is 0 Å². The number of hydrogen-bond acceptors (Lipinski definition) is 5. The quantitative estimate of drug-likeness (QED) is 0.0585. The number of halogens is 2. The molecule has 6 aromatic carbocycles. The monoisotopic (exact) mass is 1070 g/mol. The van der Waals surface area contributed by atoms with Crippen LogP contribution >= 0.6 is 0 Å². The summed E-state index contributed by atoms with van der Waals surface area (Å²) in [6.45, 7) is 29.5. The fourth-order valence-corrected chi connectivity index (χ4v) is 11.7. The minimum absolute atomic E-state index is 0.0822. The SMILES string of the molecule is CCC(O)(/C=C/c1ccc(C(CC)(CC)c2cc(C)c(-c3ccc(CC(=O)O)c(F)c3)c(C)c2)cc1C)CC.CCC(O)(/C=C/c1ccc(C(CC)(CC)c2cc(C)c(-c3ccc(CC(=O)OC)c(F)c3)c(C)c2)cc1C)CC. The molecule has 0 aliphatic rings. The average molecular weight is 1080 g/mol. The first-order valence-corrected chi connectivity index (χ1v) is 28.6. The van der Waals surface area contributed by atoms with E-state index in [4.69, 9.17) is 9.84 Å². The minimum Gasteiger partial charge on any atom is -0.481 e. The van der Waals surface area contributed by atoms with Gasteiger partial charge < -0.3 is 20.1 Å². The molecule has 0 radical (unpaired) electrons. The minimum atomic E-state index is -1.04. The van der Waals surface area contributed by atoms with Crippen molar-refractivity contribution in [1.29, 1.82) is 0 Å². The fraction of sp³-hybridized carbons (Fsp3) is 0.408. The summed E-state index contributed by atoms with van der Waals surface area (Å²) >= 11 is 0. The molecule has 0 unspecified atom stereocenters. The Hall–Kier alpha value is -6.48. The van der Waals surface area contributed by atoms with Crippen LogP contribution in [-0.2, 0) is 38.0 Å². The van der Waals surface area contributed by atoms with Crippen molar-refractivity contribution in [2.45, 2.75) is 183 Å². The second-order valence-corrected chi connectivity index (χ2v) is 21.9. The highest BCUT2D eigenvalue weighted by Crippen LogP contribution is 2.44. The first-order valence-electron chi connectivity index (χ1n) is 28.6. The molecule has 0 aliphatic carbocycles. The van der Waals surface area contributed by atoms with E-state index in [1.54, 1.807) is 12.1 Å². The number of carboxylic acid groups (broad SMARTS) is 1. The van der Waals surface area contributed by atoms with Crippen LogP contribution in [0.15, 0.2) is 109 Å². The van der Waals surface area contributed by atoms with E-state index in [2.05, 4.69) is 130 Å². The number of carbonyl (C=O) groups is 2. The molecular weight excluding hydrogens is 987 g/mol. The van der Waals surface area contributed by atoms with Crippen LogP contribution in [0.25, 0.3) is 34.4 Å². The summed E-state index contributed by atoms with van der Waals surface area (Å²) in [5.74, 6) is -2.39. The molecule has 0 aromatic heterocycles. The molecular formula is C71H88F2O6. The maximum absolute atomic E-state index is 14.9. The molecule has 422 valence electrons. The molecule has 8 heteroatoms. The molecule has 79 heavy (non-hydrogen) atoms. The van der Waals surface area contributed by atoms with Gasteiger partial charge in [0.15, 0.2) is 0 Å². The van der Waals surface area contributed by atoms with Crippen LogP contribution in [0.3, 0.4) is 0 Å². The Bertz CT molecular complexity index is 3110. The fourth-order valence-electron chi connectivity index (χ4n) is 11.7. The van der Waals surface area contributed by atoms with Gasteiger partial charge in [-0.1, -0.05) is 165 Å². The van der Waals surface area contributed by atoms with Crippen LogP contribution in [0.4, 0.5) is 8.78 Å². The molecule has 0 bridgehead atoms. The Morgan fingerprint density at radius 1 is 0.456 bits per heavy atom. The molecule has 0 aliphatic heterocycles. The molecule has 3 N–H and O–H groups in total. The predicted octanol–water partition coefficient (Wildman–Crippen LogP) is 17.5. The topological polar surface area (TPSA) is 104 Å². The van der Waals surface area contributed by atoms with Crippen LogP contribution in [0.1, 0.15) is 185 Å². The summed E-state index contributed by atoms with van der Waals surface area (Å²) in [6, 6.07) is 32.2. The first kappa shape index (κ1) is 63.4. The highest BCUT2D eigenvalue weighted by molar-refractivity contribution is 5.76. The summed E-state index contributed by atoms with van der Waals surface area (Å²) in [5.41, 5.74) is 16.1. The number of aryl methyl sites for hydroxylation is 6. The van der Waals surface area contributed by atoms with E-state index in [-0.39, 0.29) is 29.2 Å². The number of methoxy groups -OCH3 is 1. The van der Waals surface area contributed by atoms with Gasteiger partial charge in [0.25, 0.3) is 0 Å². The lowest BCUT2D eigenvalue weighted by atomic mass is 9.69. The third-order valence-electron chi connectivity index (χ3n) is 17.4. The van der Waals surface area contributed by atoms with Crippen LogP contribution in [0, 0.1) is 53.2 Å². The van der Waals surface area contributed by atoms with Crippen molar-refractivity contribution in [3.05, 3.63) is 199 Å². The zero-order chi connectivity index (χ0) is 58.6. The summed E-state index contributed by atoms with van der Waals surface area (Å²) in [7, 11) is 1.31. The Morgan fingerprint density at radius 3 is 1.06 bits per heavy atom. The molecule has 6 rings (SSSR count). The molecule has 0 amide bonds. The lowest BCUT2D eigenvalue weighted by molar-refractivity contribution is -0.140. The van der Waals surface area contributed by atoms with Crippen molar-refractivity contribution in [3.63, 3.8) is 0 Å². The van der Waals surface area contributed by atoms with E-state index in [1.165, 1.54) is 52.6 Å². The van der Waals surface area contributed by atoms with Gasteiger partial charge in [-0.05, 0) is 205 Å².